The lowest BCUT2D eigenvalue weighted by Crippen LogP contribution is -2.48. The fraction of sp³-hybridized carbons (Fsp3) is 1.00. The lowest BCUT2D eigenvalue weighted by molar-refractivity contribution is 0.0413. The highest BCUT2D eigenvalue weighted by Gasteiger charge is 2.17. The summed E-state index contributed by atoms with van der Waals surface area (Å²) in [7, 11) is 0. The van der Waals surface area contributed by atoms with Crippen LogP contribution in [-0.4, -0.2) is 108 Å². The average molecular weight is 311 g/mol. The standard InChI is InChI=1S/C12H29N3O6/c16-5-9(11(20)7-18)14-3-1-13-2-4-15-10(6-17)12(21)8-19/h9-21H,1-8H2/t9-,10+,11-,12+. The van der Waals surface area contributed by atoms with E-state index in [0.717, 1.165) is 0 Å². The van der Waals surface area contributed by atoms with Crippen molar-refractivity contribution in [3.63, 3.8) is 0 Å². The van der Waals surface area contributed by atoms with Gasteiger partial charge in [-0.1, -0.05) is 0 Å². The molecule has 0 bridgehead atoms. The summed E-state index contributed by atoms with van der Waals surface area (Å²) >= 11 is 0. The summed E-state index contributed by atoms with van der Waals surface area (Å²) in [4.78, 5) is 0. The third-order valence-electron chi connectivity index (χ3n) is 3.11. The SMILES string of the molecule is OC[C@@H](O)[C@@H](CO)NCCNCCN[C@@H](CO)[C@@H](O)CO. The molecule has 0 aromatic heterocycles. The molecule has 0 rings (SSSR count). The van der Waals surface area contributed by atoms with Gasteiger partial charge in [0.2, 0.25) is 0 Å². The van der Waals surface area contributed by atoms with Crippen molar-refractivity contribution in [1.82, 2.24) is 16.0 Å². The molecule has 9 heteroatoms. The van der Waals surface area contributed by atoms with Gasteiger partial charge in [-0.15, -0.1) is 0 Å². The monoisotopic (exact) mass is 311 g/mol. The van der Waals surface area contributed by atoms with Crippen LogP contribution in [0.25, 0.3) is 0 Å². The molecule has 0 fully saturated rings. The van der Waals surface area contributed by atoms with Crippen LogP contribution < -0.4 is 16.0 Å². The molecule has 0 aromatic rings. The molecule has 0 heterocycles. The Morgan fingerprint density at radius 2 is 0.952 bits per heavy atom. The van der Waals surface area contributed by atoms with Gasteiger partial charge in [-0.25, -0.2) is 0 Å². The number of aliphatic hydroxyl groups is 6. The second kappa shape index (κ2) is 13.3. The second-order valence-corrected chi connectivity index (χ2v) is 4.74. The first-order valence-electron chi connectivity index (χ1n) is 7.07. The zero-order chi connectivity index (χ0) is 16.1. The summed E-state index contributed by atoms with van der Waals surface area (Å²) in [6, 6.07) is -1.12. The van der Waals surface area contributed by atoms with Gasteiger partial charge in [0.05, 0.1) is 50.7 Å². The van der Waals surface area contributed by atoms with Crippen molar-refractivity contribution in [2.45, 2.75) is 24.3 Å². The van der Waals surface area contributed by atoms with Gasteiger partial charge in [0.15, 0.2) is 0 Å². The third kappa shape index (κ3) is 9.30. The maximum Gasteiger partial charge on any atom is 0.0945 e. The maximum absolute atomic E-state index is 9.35. The Labute approximate surface area is 124 Å². The number of hydrogen-bond donors (Lipinski definition) is 9. The zero-order valence-electron chi connectivity index (χ0n) is 12.1. The normalized spacial score (nSPS) is 17.4. The highest BCUT2D eigenvalue weighted by Crippen LogP contribution is 1.91. The Balaban J connectivity index is 3.59. The van der Waals surface area contributed by atoms with E-state index < -0.39 is 37.5 Å². The summed E-state index contributed by atoms with van der Waals surface area (Å²) in [6.45, 7) is 0.832. The van der Waals surface area contributed by atoms with Crippen molar-refractivity contribution in [3.05, 3.63) is 0 Å². The van der Waals surface area contributed by atoms with Crippen LogP contribution in [0.3, 0.4) is 0 Å². The molecule has 9 N–H and O–H groups in total. The predicted octanol–water partition coefficient (Wildman–Crippen LogP) is -4.82. The van der Waals surface area contributed by atoms with Crippen molar-refractivity contribution in [1.29, 1.82) is 0 Å². The van der Waals surface area contributed by atoms with Crippen molar-refractivity contribution in [3.8, 4) is 0 Å². The van der Waals surface area contributed by atoms with Gasteiger partial charge in [0.1, 0.15) is 0 Å². The Hall–Kier alpha value is -0.360. The van der Waals surface area contributed by atoms with Crippen LogP contribution in [0.5, 0.6) is 0 Å². The highest BCUT2D eigenvalue weighted by molar-refractivity contribution is 4.75. The molecular weight excluding hydrogens is 282 g/mol. The van der Waals surface area contributed by atoms with E-state index in [1.807, 2.05) is 0 Å². The Morgan fingerprint density at radius 1 is 0.571 bits per heavy atom. The molecule has 9 nitrogen and oxygen atoms in total. The first-order chi connectivity index (χ1) is 10.1. The summed E-state index contributed by atoms with van der Waals surface area (Å²) in [6.07, 6.45) is -2.00. The Morgan fingerprint density at radius 3 is 1.24 bits per heavy atom. The van der Waals surface area contributed by atoms with E-state index in [1.165, 1.54) is 0 Å². The van der Waals surface area contributed by atoms with Gasteiger partial charge in [-0.2, -0.15) is 0 Å². The zero-order valence-corrected chi connectivity index (χ0v) is 12.1. The number of hydrogen-bond acceptors (Lipinski definition) is 9. The number of nitrogens with one attached hydrogen (secondary N) is 3. The molecule has 0 aliphatic heterocycles. The predicted molar refractivity (Wildman–Crippen MR) is 76.8 cm³/mol. The smallest absolute Gasteiger partial charge is 0.0945 e. The first-order valence-corrected chi connectivity index (χ1v) is 7.07. The van der Waals surface area contributed by atoms with Crippen LogP contribution in [0.15, 0.2) is 0 Å². The van der Waals surface area contributed by atoms with Crippen molar-refractivity contribution in [2.24, 2.45) is 0 Å². The molecule has 0 saturated heterocycles. The molecular formula is C12H29N3O6. The van der Waals surface area contributed by atoms with Crippen LogP contribution in [0.4, 0.5) is 0 Å². The van der Waals surface area contributed by atoms with E-state index in [0.29, 0.717) is 26.2 Å². The molecule has 0 unspecified atom stereocenters. The van der Waals surface area contributed by atoms with E-state index in [-0.39, 0.29) is 13.2 Å². The molecule has 0 aromatic carbocycles. The third-order valence-corrected chi connectivity index (χ3v) is 3.11. The van der Waals surface area contributed by atoms with Crippen LogP contribution in [0.2, 0.25) is 0 Å². The van der Waals surface area contributed by atoms with E-state index in [9.17, 15) is 10.2 Å². The van der Waals surface area contributed by atoms with Gasteiger partial charge in [0.25, 0.3) is 0 Å². The molecule has 0 aliphatic rings. The van der Waals surface area contributed by atoms with E-state index >= 15 is 0 Å². The van der Waals surface area contributed by atoms with Crippen LogP contribution in [0, 0.1) is 0 Å². The lowest BCUT2D eigenvalue weighted by Gasteiger charge is -2.21. The van der Waals surface area contributed by atoms with Crippen LogP contribution >= 0.6 is 0 Å². The van der Waals surface area contributed by atoms with Gasteiger partial charge in [0, 0.05) is 26.2 Å². The summed E-state index contributed by atoms with van der Waals surface area (Å²) in [5.41, 5.74) is 0. The molecule has 4 atom stereocenters. The maximum atomic E-state index is 9.35. The minimum Gasteiger partial charge on any atom is -0.395 e. The summed E-state index contributed by atoms with van der Waals surface area (Å²) in [5, 5.41) is 63.1. The largest absolute Gasteiger partial charge is 0.395 e. The molecule has 0 amide bonds. The summed E-state index contributed by atoms with van der Waals surface area (Å²) in [5.74, 6) is 0. The van der Waals surface area contributed by atoms with Crippen molar-refractivity contribution >= 4 is 0 Å². The lowest BCUT2D eigenvalue weighted by atomic mass is 10.2. The topological polar surface area (TPSA) is 157 Å². The van der Waals surface area contributed by atoms with Gasteiger partial charge < -0.3 is 46.6 Å². The molecule has 21 heavy (non-hydrogen) atoms. The van der Waals surface area contributed by atoms with E-state index in [1.54, 1.807) is 0 Å². The minimum absolute atomic E-state index is 0.263. The first kappa shape index (κ1) is 20.6. The molecule has 0 aliphatic carbocycles. The fourth-order valence-corrected chi connectivity index (χ4v) is 1.72. The minimum atomic E-state index is -0.998. The molecule has 128 valence electrons. The van der Waals surface area contributed by atoms with Gasteiger partial charge in [-0.3, -0.25) is 0 Å². The Kier molecular flexibility index (Phi) is 13.1. The van der Waals surface area contributed by atoms with Crippen molar-refractivity contribution < 1.29 is 30.6 Å². The quantitative estimate of drug-likeness (QED) is 0.144. The van der Waals surface area contributed by atoms with Crippen molar-refractivity contribution in [2.75, 3.05) is 52.6 Å². The second-order valence-electron chi connectivity index (χ2n) is 4.74. The van der Waals surface area contributed by atoms with E-state index in [2.05, 4.69) is 16.0 Å². The van der Waals surface area contributed by atoms with Crippen LogP contribution in [0.1, 0.15) is 0 Å². The summed E-state index contributed by atoms with van der Waals surface area (Å²) < 4.78 is 0. The molecule has 0 spiro atoms. The number of rotatable bonds is 14. The molecule has 0 saturated carbocycles. The van der Waals surface area contributed by atoms with E-state index in [4.69, 9.17) is 20.4 Å². The molecule has 0 radical (unpaired) electrons. The van der Waals surface area contributed by atoms with Gasteiger partial charge in [-0.05, 0) is 0 Å². The van der Waals surface area contributed by atoms with Gasteiger partial charge >= 0.3 is 0 Å². The fourth-order valence-electron chi connectivity index (χ4n) is 1.72. The van der Waals surface area contributed by atoms with Crippen LogP contribution in [-0.2, 0) is 0 Å². The average Bonchev–Trinajstić information content (AvgIpc) is 2.52. The highest BCUT2D eigenvalue weighted by atomic mass is 16.3. The Bertz CT molecular complexity index is 215. The number of aliphatic hydroxyl groups excluding tert-OH is 6.